The van der Waals surface area contributed by atoms with Gasteiger partial charge in [-0.3, -0.25) is 19.3 Å². The summed E-state index contributed by atoms with van der Waals surface area (Å²) in [5.74, 6) is -1.61. The topological polar surface area (TPSA) is 92.8 Å². The van der Waals surface area contributed by atoms with E-state index >= 15 is 0 Å². The molecule has 1 N–H and O–H groups in total. The highest BCUT2D eigenvalue weighted by Gasteiger charge is 2.49. The number of amides is 3. The number of aryl methyl sites for hydroxylation is 1. The van der Waals surface area contributed by atoms with Crippen molar-refractivity contribution < 1.29 is 23.9 Å². The first kappa shape index (κ1) is 24.4. The van der Waals surface area contributed by atoms with Crippen molar-refractivity contribution in [2.45, 2.75) is 33.1 Å². The van der Waals surface area contributed by atoms with E-state index in [9.17, 15) is 19.2 Å². The molecule has 0 unspecified atom stereocenters. The van der Waals surface area contributed by atoms with E-state index in [1.54, 1.807) is 24.3 Å². The number of rotatable bonds is 5. The molecule has 178 valence electrons. The molecule has 1 heterocycles. The van der Waals surface area contributed by atoms with Crippen LogP contribution in [0.5, 0.6) is 0 Å². The summed E-state index contributed by atoms with van der Waals surface area (Å²) in [6, 6.07) is 9.47. The minimum absolute atomic E-state index is 0.169. The lowest BCUT2D eigenvalue weighted by atomic mass is 9.76. The van der Waals surface area contributed by atoms with Crippen molar-refractivity contribution in [2.75, 3.05) is 16.8 Å². The Balaban J connectivity index is 1.36. The van der Waals surface area contributed by atoms with Crippen LogP contribution >= 0.6 is 27.5 Å². The molecule has 2 fully saturated rings. The molecule has 2 aromatic rings. The lowest BCUT2D eigenvalue weighted by Gasteiger charge is -2.25. The second-order valence-electron chi connectivity index (χ2n) is 8.90. The van der Waals surface area contributed by atoms with Gasteiger partial charge in [0.1, 0.15) is 0 Å². The zero-order chi connectivity index (χ0) is 24.6. The number of hydrogen-bond acceptors (Lipinski definition) is 5. The zero-order valence-electron chi connectivity index (χ0n) is 18.8. The lowest BCUT2D eigenvalue weighted by Crippen LogP contribution is -2.30. The van der Waals surface area contributed by atoms with Gasteiger partial charge in [-0.2, -0.15) is 0 Å². The van der Waals surface area contributed by atoms with Crippen LogP contribution in [0.3, 0.4) is 0 Å². The van der Waals surface area contributed by atoms with E-state index in [0.29, 0.717) is 26.8 Å². The summed E-state index contributed by atoms with van der Waals surface area (Å²) in [7, 11) is 0. The Kier molecular flexibility index (Phi) is 7.09. The molecule has 0 bridgehead atoms. The molecule has 1 saturated heterocycles. The Morgan fingerprint density at radius 3 is 2.50 bits per heavy atom. The van der Waals surface area contributed by atoms with E-state index < -0.39 is 18.5 Å². The number of imide groups is 1. The van der Waals surface area contributed by atoms with Crippen molar-refractivity contribution in [3.8, 4) is 0 Å². The Morgan fingerprint density at radius 2 is 1.79 bits per heavy atom. The molecule has 7 nitrogen and oxygen atoms in total. The number of fused-ring (bicyclic) bond motifs is 1. The number of carbonyl (C=O) groups is 4. The van der Waals surface area contributed by atoms with Gasteiger partial charge in [-0.1, -0.05) is 18.5 Å². The molecule has 2 aromatic carbocycles. The van der Waals surface area contributed by atoms with E-state index in [2.05, 4.69) is 28.2 Å². The molecule has 34 heavy (non-hydrogen) atoms. The van der Waals surface area contributed by atoms with Crippen LogP contribution in [-0.2, 0) is 19.1 Å². The Hall–Kier alpha value is -2.71. The SMILES string of the molecule is Cc1cc(Br)c(Cl)cc1NC(=O)COC(=O)c1ccc(N2C(=O)[C@@H]3CC[C@@H](C)C[C@H]3C2=O)cc1. The van der Waals surface area contributed by atoms with Crippen LogP contribution in [0.1, 0.15) is 42.1 Å². The van der Waals surface area contributed by atoms with Gasteiger partial charge in [0, 0.05) is 10.2 Å². The molecule has 1 aliphatic carbocycles. The second kappa shape index (κ2) is 9.88. The third-order valence-corrected chi connectivity index (χ3v) is 7.62. The van der Waals surface area contributed by atoms with Crippen LogP contribution < -0.4 is 10.2 Å². The van der Waals surface area contributed by atoms with Gasteiger partial charge >= 0.3 is 5.97 Å². The summed E-state index contributed by atoms with van der Waals surface area (Å²) < 4.78 is 5.82. The summed E-state index contributed by atoms with van der Waals surface area (Å²) in [5, 5.41) is 3.11. The van der Waals surface area contributed by atoms with Crippen LogP contribution in [0.4, 0.5) is 11.4 Å². The van der Waals surface area contributed by atoms with E-state index in [1.165, 1.54) is 17.0 Å². The van der Waals surface area contributed by atoms with Crippen molar-refractivity contribution >= 4 is 62.6 Å². The van der Waals surface area contributed by atoms with Crippen molar-refractivity contribution in [1.29, 1.82) is 0 Å². The number of nitrogens with one attached hydrogen (secondary N) is 1. The first-order valence-electron chi connectivity index (χ1n) is 11.1. The van der Waals surface area contributed by atoms with Crippen LogP contribution in [0.25, 0.3) is 0 Å². The summed E-state index contributed by atoms with van der Waals surface area (Å²) >= 11 is 9.39. The monoisotopic (exact) mass is 546 g/mol. The van der Waals surface area contributed by atoms with Crippen LogP contribution in [0, 0.1) is 24.7 Å². The van der Waals surface area contributed by atoms with Crippen LogP contribution in [0.2, 0.25) is 5.02 Å². The second-order valence-corrected chi connectivity index (χ2v) is 10.2. The number of nitrogens with zero attached hydrogens (tertiary/aromatic N) is 1. The first-order chi connectivity index (χ1) is 16.2. The fourth-order valence-corrected chi connectivity index (χ4v) is 5.19. The normalized spacial score (nSPS) is 21.9. The molecule has 0 aromatic heterocycles. The molecular weight excluding hydrogens is 524 g/mol. The number of esters is 1. The Morgan fingerprint density at radius 1 is 1.12 bits per heavy atom. The van der Waals surface area contributed by atoms with E-state index in [-0.39, 0.29) is 29.2 Å². The maximum absolute atomic E-state index is 12.9. The molecule has 1 aliphatic heterocycles. The molecule has 9 heteroatoms. The Labute approximate surface area is 210 Å². The average Bonchev–Trinajstić information content (AvgIpc) is 3.05. The summed E-state index contributed by atoms with van der Waals surface area (Å²) in [4.78, 5) is 51.5. The third-order valence-electron chi connectivity index (χ3n) is 6.42. The molecule has 3 amide bonds. The summed E-state index contributed by atoms with van der Waals surface area (Å²) in [6.07, 6.45) is 2.40. The highest BCUT2D eigenvalue weighted by atomic mass is 79.9. The highest BCUT2D eigenvalue weighted by molar-refractivity contribution is 9.10. The molecular formula is C25H24BrClN2O5. The van der Waals surface area contributed by atoms with Crippen molar-refractivity contribution in [3.63, 3.8) is 0 Å². The molecule has 3 atom stereocenters. The van der Waals surface area contributed by atoms with E-state index in [1.807, 2.05) is 6.92 Å². The van der Waals surface area contributed by atoms with Gasteiger partial charge in [-0.25, -0.2) is 4.79 Å². The molecule has 0 radical (unpaired) electrons. The number of anilines is 2. The van der Waals surface area contributed by atoms with Gasteiger partial charge in [0.2, 0.25) is 11.8 Å². The number of carbonyl (C=O) groups excluding carboxylic acids is 4. The van der Waals surface area contributed by atoms with E-state index in [4.69, 9.17) is 16.3 Å². The first-order valence-corrected chi connectivity index (χ1v) is 12.2. The molecule has 0 spiro atoms. The van der Waals surface area contributed by atoms with Gasteiger partial charge in [0.05, 0.1) is 28.1 Å². The van der Waals surface area contributed by atoms with Gasteiger partial charge < -0.3 is 10.1 Å². The van der Waals surface area contributed by atoms with Gasteiger partial charge in [-0.05, 0) is 90.0 Å². The maximum atomic E-state index is 12.9. The standard InChI is InChI=1S/C25H24BrClN2O5/c1-13-3-8-17-18(9-13)24(32)29(23(17)31)16-6-4-15(5-7-16)25(33)34-12-22(30)28-21-11-20(27)19(26)10-14(21)2/h4-7,10-11,13,17-18H,3,8-9,12H2,1-2H3,(H,28,30)/t13-,17-,18-/m1/s1. The third kappa shape index (κ3) is 4.88. The smallest absolute Gasteiger partial charge is 0.338 e. The number of halogens is 2. The maximum Gasteiger partial charge on any atom is 0.338 e. The number of ether oxygens (including phenoxy) is 1. The zero-order valence-corrected chi connectivity index (χ0v) is 21.1. The predicted octanol–water partition coefficient (Wildman–Crippen LogP) is 5.13. The fraction of sp³-hybridized carbons (Fsp3) is 0.360. The summed E-state index contributed by atoms with van der Waals surface area (Å²) in [6.45, 7) is 3.44. The van der Waals surface area contributed by atoms with Crippen molar-refractivity contribution in [3.05, 3.63) is 57.0 Å². The van der Waals surface area contributed by atoms with Gasteiger partial charge in [0.15, 0.2) is 6.61 Å². The van der Waals surface area contributed by atoms with Crippen LogP contribution in [0.15, 0.2) is 40.9 Å². The molecule has 1 saturated carbocycles. The van der Waals surface area contributed by atoms with Gasteiger partial charge in [0.25, 0.3) is 5.91 Å². The molecule has 4 rings (SSSR count). The van der Waals surface area contributed by atoms with Crippen molar-refractivity contribution in [1.82, 2.24) is 0 Å². The molecule has 2 aliphatic rings. The van der Waals surface area contributed by atoms with Gasteiger partial charge in [-0.15, -0.1) is 0 Å². The Bertz CT molecular complexity index is 1170. The number of hydrogen-bond donors (Lipinski definition) is 1. The van der Waals surface area contributed by atoms with E-state index in [0.717, 1.165) is 24.8 Å². The minimum Gasteiger partial charge on any atom is -0.452 e. The van der Waals surface area contributed by atoms with Crippen LogP contribution in [-0.4, -0.2) is 30.3 Å². The quantitative estimate of drug-likeness (QED) is 0.414. The lowest BCUT2D eigenvalue weighted by molar-refractivity contribution is -0.122. The largest absolute Gasteiger partial charge is 0.452 e. The highest BCUT2D eigenvalue weighted by Crippen LogP contribution is 2.42. The predicted molar refractivity (Wildman–Crippen MR) is 132 cm³/mol. The minimum atomic E-state index is -0.686. The average molecular weight is 548 g/mol. The number of benzene rings is 2. The summed E-state index contributed by atoms with van der Waals surface area (Å²) in [5.41, 5.74) is 1.97. The van der Waals surface area contributed by atoms with Crippen molar-refractivity contribution in [2.24, 2.45) is 17.8 Å². The fourth-order valence-electron chi connectivity index (χ4n) is 4.57.